The van der Waals surface area contributed by atoms with Crippen LogP contribution in [-0.2, 0) is 12.8 Å². The molecule has 0 fully saturated rings. The van der Waals surface area contributed by atoms with Crippen molar-refractivity contribution in [3.63, 3.8) is 0 Å². The fraction of sp³-hybridized carbons (Fsp3) is 0.300. The average molecular weight is 264 g/mol. The predicted molar refractivity (Wildman–Crippen MR) is 87.8 cm³/mol. The van der Waals surface area contributed by atoms with Crippen molar-refractivity contribution < 1.29 is 0 Å². The molecule has 0 aromatic heterocycles. The molecule has 0 saturated heterocycles. The first-order valence-corrected chi connectivity index (χ1v) is 7.30. The van der Waals surface area contributed by atoms with E-state index < -0.39 is 0 Å². The molecule has 0 heterocycles. The van der Waals surface area contributed by atoms with Crippen molar-refractivity contribution >= 4 is 0 Å². The molecule has 0 heteroatoms. The Morgan fingerprint density at radius 3 is 1.90 bits per heavy atom. The first kappa shape index (κ1) is 14.6. The third-order valence-corrected chi connectivity index (χ3v) is 3.55. The molecule has 0 radical (unpaired) electrons. The third kappa shape index (κ3) is 4.70. The Hall–Kier alpha value is -1.82. The van der Waals surface area contributed by atoms with Crippen LogP contribution in [0, 0.1) is 5.41 Å². The van der Waals surface area contributed by atoms with Crippen molar-refractivity contribution in [3.8, 4) is 0 Å². The van der Waals surface area contributed by atoms with Gasteiger partial charge in [-0.2, -0.15) is 0 Å². The number of benzene rings is 2. The molecular weight excluding hydrogens is 240 g/mol. The van der Waals surface area contributed by atoms with E-state index in [0.29, 0.717) is 0 Å². The van der Waals surface area contributed by atoms with Gasteiger partial charge in [-0.05, 0) is 35.8 Å². The van der Waals surface area contributed by atoms with Crippen LogP contribution in [0.4, 0.5) is 0 Å². The highest BCUT2D eigenvalue weighted by Crippen LogP contribution is 2.30. The lowest BCUT2D eigenvalue weighted by Crippen LogP contribution is -2.16. The maximum absolute atomic E-state index is 4.28. The van der Waals surface area contributed by atoms with E-state index >= 15 is 0 Å². The van der Waals surface area contributed by atoms with Crippen LogP contribution in [0.2, 0.25) is 0 Å². The largest absolute Gasteiger partial charge is 0.0995 e. The van der Waals surface area contributed by atoms with Crippen molar-refractivity contribution in [2.75, 3.05) is 0 Å². The molecule has 20 heavy (non-hydrogen) atoms. The van der Waals surface area contributed by atoms with Crippen LogP contribution in [0.15, 0.2) is 72.8 Å². The van der Waals surface area contributed by atoms with Crippen molar-refractivity contribution in [3.05, 3.63) is 83.9 Å². The van der Waals surface area contributed by atoms with Crippen LogP contribution in [0.25, 0.3) is 0 Å². The highest BCUT2D eigenvalue weighted by molar-refractivity contribution is 5.22. The second-order valence-corrected chi connectivity index (χ2v) is 6.42. The normalized spacial score (nSPS) is 11.3. The highest BCUT2D eigenvalue weighted by Gasteiger charge is 2.19. The Morgan fingerprint density at radius 2 is 1.35 bits per heavy atom. The van der Waals surface area contributed by atoms with Crippen molar-refractivity contribution in [2.45, 2.75) is 33.1 Å². The van der Waals surface area contributed by atoms with Gasteiger partial charge in [0.25, 0.3) is 0 Å². The molecule has 2 aromatic rings. The lowest BCUT2D eigenvalue weighted by Gasteiger charge is -2.26. The summed E-state index contributed by atoms with van der Waals surface area (Å²) in [6, 6.07) is 21.3. The van der Waals surface area contributed by atoms with Gasteiger partial charge in [-0.25, -0.2) is 0 Å². The number of allylic oxidation sites excluding steroid dienone is 1. The van der Waals surface area contributed by atoms with Gasteiger partial charge in [0.1, 0.15) is 0 Å². The standard InChI is InChI=1S/C20H24/c1-17(14-18-10-6-4-7-11-18)15-20(2,3)16-19-12-8-5-9-13-19/h4-13H,1,14-16H2,2-3H3. The molecule has 2 rings (SSSR count). The molecule has 0 N–H and O–H groups in total. The lowest BCUT2D eigenvalue weighted by molar-refractivity contribution is 0.358. The molecule has 0 unspecified atom stereocenters. The summed E-state index contributed by atoms with van der Waals surface area (Å²) in [5, 5.41) is 0. The molecule has 0 bridgehead atoms. The van der Waals surface area contributed by atoms with E-state index in [1.165, 1.54) is 16.7 Å². The smallest absolute Gasteiger partial charge is 0.00696 e. The lowest BCUT2D eigenvalue weighted by atomic mass is 9.79. The SMILES string of the molecule is C=C(Cc1ccccc1)CC(C)(C)Cc1ccccc1. The van der Waals surface area contributed by atoms with Gasteiger partial charge in [0, 0.05) is 0 Å². The Labute approximate surface area is 123 Å². The Kier molecular flexibility index (Phi) is 4.79. The van der Waals surface area contributed by atoms with E-state index in [-0.39, 0.29) is 5.41 Å². The minimum atomic E-state index is 0.257. The summed E-state index contributed by atoms with van der Waals surface area (Å²) >= 11 is 0. The summed E-state index contributed by atoms with van der Waals surface area (Å²) < 4.78 is 0. The Bertz CT molecular complexity index is 535. The van der Waals surface area contributed by atoms with Crippen LogP contribution in [0.1, 0.15) is 31.4 Å². The highest BCUT2D eigenvalue weighted by atomic mass is 14.2. The minimum absolute atomic E-state index is 0.257. The molecule has 0 atom stereocenters. The molecule has 0 aliphatic heterocycles. The molecule has 0 saturated carbocycles. The summed E-state index contributed by atoms with van der Waals surface area (Å²) in [7, 11) is 0. The second kappa shape index (κ2) is 6.56. The zero-order valence-electron chi connectivity index (χ0n) is 12.6. The van der Waals surface area contributed by atoms with Gasteiger partial charge in [-0.3, -0.25) is 0 Å². The minimum Gasteiger partial charge on any atom is -0.0995 e. The van der Waals surface area contributed by atoms with E-state index in [1.807, 2.05) is 0 Å². The van der Waals surface area contributed by atoms with Crippen molar-refractivity contribution in [1.82, 2.24) is 0 Å². The van der Waals surface area contributed by atoms with Crippen LogP contribution in [0.5, 0.6) is 0 Å². The quantitative estimate of drug-likeness (QED) is 0.609. The number of hydrogen-bond donors (Lipinski definition) is 0. The van der Waals surface area contributed by atoms with Gasteiger partial charge in [-0.1, -0.05) is 86.7 Å². The van der Waals surface area contributed by atoms with Gasteiger partial charge in [0.2, 0.25) is 0 Å². The Balaban J connectivity index is 1.92. The summed E-state index contributed by atoms with van der Waals surface area (Å²) in [5.74, 6) is 0. The van der Waals surface area contributed by atoms with E-state index in [2.05, 4.69) is 81.1 Å². The second-order valence-electron chi connectivity index (χ2n) is 6.42. The van der Waals surface area contributed by atoms with Gasteiger partial charge in [0.05, 0.1) is 0 Å². The van der Waals surface area contributed by atoms with Crippen LogP contribution < -0.4 is 0 Å². The van der Waals surface area contributed by atoms with Gasteiger partial charge >= 0.3 is 0 Å². The summed E-state index contributed by atoms with van der Waals surface area (Å²) in [6.07, 6.45) is 3.15. The predicted octanol–water partition coefficient (Wildman–Crippen LogP) is 5.44. The fourth-order valence-corrected chi connectivity index (χ4v) is 2.83. The molecule has 0 nitrogen and oxygen atoms in total. The number of rotatable bonds is 6. The zero-order chi connectivity index (χ0) is 14.4. The average Bonchev–Trinajstić information content (AvgIpc) is 2.39. The first-order chi connectivity index (χ1) is 9.55. The summed E-state index contributed by atoms with van der Waals surface area (Å²) in [5.41, 5.74) is 4.34. The summed E-state index contributed by atoms with van der Waals surface area (Å²) in [6.45, 7) is 8.94. The van der Waals surface area contributed by atoms with E-state index in [1.54, 1.807) is 0 Å². The van der Waals surface area contributed by atoms with E-state index in [0.717, 1.165) is 19.3 Å². The van der Waals surface area contributed by atoms with Gasteiger partial charge in [-0.15, -0.1) is 0 Å². The van der Waals surface area contributed by atoms with Crippen molar-refractivity contribution in [1.29, 1.82) is 0 Å². The topological polar surface area (TPSA) is 0 Å². The molecule has 0 aliphatic rings. The molecule has 2 aromatic carbocycles. The summed E-state index contributed by atoms with van der Waals surface area (Å²) in [4.78, 5) is 0. The first-order valence-electron chi connectivity index (χ1n) is 7.30. The molecule has 0 spiro atoms. The maximum Gasteiger partial charge on any atom is -0.00696 e. The van der Waals surface area contributed by atoms with Crippen molar-refractivity contribution in [2.24, 2.45) is 5.41 Å². The molecule has 0 amide bonds. The van der Waals surface area contributed by atoms with E-state index in [9.17, 15) is 0 Å². The van der Waals surface area contributed by atoms with Gasteiger partial charge in [0.15, 0.2) is 0 Å². The van der Waals surface area contributed by atoms with Crippen LogP contribution in [0.3, 0.4) is 0 Å². The zero-order valence-corrected chi connectivity index (χ0v) is 12.6. The molecule has 104 valence electrons. The fourth-order valence-electron chi connectivity index (χ4n) is 2.83. The number of hydrogen-bond acceptors (Lipinski definition) is 0. The van der Waals surface area contributed by atoms with Crippen LogP contribution >= 0.6 is 0 Å². The van der Waals surface area contributed by atoms with Crippen LogP contribution in [-0.4, -0.2) is 0 Å². The monoisotopic (exact) mass is 264 g/mol. The maximum atomic E-state index is 4.28. The molecular formula is C20H24. The molecule has 0 aliphatic carbocycles. The third-order valence-electron chi connectivity index (χ3n) is 3.55. The van der Waals surface area contributed by atoms with Gasteiger partial charge < -0.3 is 0 Å². The Morgan fingerprint density at radius 1 is 0.850 bits per heavy atom. The van der Waals surface area contributed by atoms with E-state index in [4.69, 9.17) is 0 Å².